The minimum Gasteiger partial charge on any atom is -0.490 e. The van der Waals surface area contributed by atoms with Crippen LogP contribution in [0.2, 0.25) is 0 Å². The van der Waals surface area contributed by atoms with Gasteiger partial charge in [-0.15, -0.1) is 0 Å². The van der Waals surface area contributed by atoms with Crippen molar-refractivity contribution in [3.63, 3.8) is 0 Å². The van der Waals surface area contributed by atoms with Gasteiger partial charge in [0.25, 0.3) is 11.8 Å². The highest BCUT2D eigenvalue weighted by Gasteiger charge is 2.16. The van der Waals surface area contributed by atoms with Gasteiger partial charge >= 0.3 is 0 Å². The molecule has 0 saturated carbocycles. The number of anilines is 1. The highest BCUT2D eigenvalue weighted by Crippen LogP contribution is 2.24. The summed E-state index contributed by atoms with van der Waals surface area (Å²) >= 11 is 8.61. The SMILES string of the molecule is CC(C)NC(=O)c1ccc(NC(=S)NC(=O)c2cc(Br)ccc2OC(C)C)cc1. The zero-order valence-corrected chi connectivity index (χ0v) is 19.1. The van der Waals surface area contributed by atoms with E-state index < -0.39 is 0 Å². The summed E-state index contributed by atoms with van der Waals surface area (Å²) in [6, 6.07) is 12.1. The monoisotopic (exact) mass is 477 g/mol. The number of amides is 2. The summed E-state index contributed by atoms with van der Waals surface area (Å²) in [5.41, 5.74) is 1.58. The number of rotatable bonds is 6. The zero-order chi connectivity index (χ0) is 21.6. The molecule has 0 spiro atoms. The number of thiocarbonyl (C=S) groups is 1. The van der Waals surface area contributed by atoms with Crippen LogP contribution < -0.4 is 20.7 Å². The van der Waals surface area contributed by atoms with E-state index >= 15 is 0 Å². The van der Waals surface area contributed by atoms with E-state index in [1.807, 2.05) is 33.8 Å². The summed E-state index contributed by atoms with van der Waals surface area (Å²) in [4.78, 5) is 24.7. The number of carbonyl (C=O) groups is 2. The first-order chi connectivity index (χ1) is 13.7. The predicted octanol–water partition coefficient (Wildman–Crippen LogP) is 4.50. The van der Waals surface area contributed by atoms with Crippen LogP contribution in [0.4, 0.5) is 5.69 Å². The Balaban J connectivity index is 2.03. The van der Waals surface area contributed by atoms with E-state index in [4.69, 9.17) is 17.0 Å². The van der Waals surface area contributed by atoms with Crippen LogP contribution in [0.1, 0.15) is 48.4 Å². The van der Waals surface area contributed by atoms with E-state index in [1.165, 1.54) is 0 Å². The van der Waals surface area contributed by atoms with Crippen LogP contribution in [-0.2, 0) is 0 Å². The lowest BCUT2D eigenvalue weighted by Crippen LogP contribution is -2.34. The lowest BCUT2D eigenvalue weighted by Gasteiger charge is -2.15. The second-order valence-electron chi connectivity index (χ2n) is 6.92. The third-order valence-electron chi connectivity index (χ3n) is 3.60. The summed E-state index contributed by atoms with van der Waals surface area (Å²) in [6.07, 6.45) is -0.0702. The topological polar surface area (TPSA) is 79.5 Å². The first-order valence-electron chi connectivity index (χ1n) is 9.15. The summed E-state index contributed by atoms with van der Waals surface area (Å²) < 4.78 is 6.46. The molecule has 154 valence electrons. The average molecular weight is 478 g/mol. The van der Waals surface area contributed by atoms with Gasteiger partial charge in [0.2, 0.25) is 0 Å². The zero-order valence-electron chi connectivity index (χ0n) is 16.7. The molecule has 0 bridgehead atoms. The molecule has 2 aromatic carbocycles. The van der Waals surface area contributed by atoms with Crippen molar-refractivity contribution in [3.8, 4) is 5.75 Å². The van der Waals surface area contributed by atoms with E-state index in [0.717, 1.165) is 4.47 Å². The molecule has 0 heterocycles. The molecule has 2 rings (SSSR count). The lowest BCUT2D eigenvalue weighted by atomic mass is 10.2. The number of benzene rings is 2. The Morgan fingerprint density at radius 3 is 2.24 bits per heavy atom. The fourth-order valence-electron chi connectivity index (χ4n) is 2.42. The molecule has 3 N–H and O–H groups in total. The van der Waals surface area contributed by atoms with Crippen molar-refractivity contribution in [2.75, 3.05) is 5.32 Å². The normalized spacial score (nSPS) is 10.6. The molecule has 0 atom stereocenters. The molecule has 0 aromatic heterocycles. The molecule has 0 aliphatic rings. The van der Waals surface area contributed by atoms with Crippen molar-refractivity contribution >= 4 is 50.8 Å². The number of carbonyl (C=O) groups excluding carboxylic acids is 2. The van der Waals surface area contributed by atoms with Crippen LogP contribution in [0.5, 0.6) is 5.75 Å². The molecule has 2 aromatic rings. The number of halogens is 1. The Hall–Kier alpha value is -2.45. The summed E-state index contributed by atoms with van der Waals surface area (Å²) in [5.74, 6) is -0.0498. The van der Waals surface area contributed by atoms with Gasteiger partial charge in [-0.1, -0.05) is 15.9 Å². The van der Waals surface area contributed by atoms with Crippen molar-refractivity contribution < 1.29 is 14.3 Å². The molecule has 0 aliphatic carbocycles. The quantitative estimate of drug-likeness (QED) is 0.533. The van der Waals surface area contributed by atoms with Gasteiger partial charge in [0.1, 0.15) is 5.75 Å². The number of hydrogen-bond donors (Lipinski definition) is 3. The molecule has 2 amide bonds. The van der Waals surface area contributed by atoms with Crippen molar-refractivity contribution in [1.29, 1.82) is 0 Å². The van der Waals surface area contributed by atoms with Gasteiger partial charge in [0.05, 0.1) is 11.7 Å². The van der Waals surface area contributed by atoms with E-state index in [0.29, 0.717) is 22.6 Å². The van der Waals surface area contributed by atoms with Crippen LogP contribution in [0.3, 0.4) is 0 Å². The molecule has 0 radical (unpaired) electrons. The molecular weight excluding hydrogens is 454 g/mol. The molecular formula is C21H24BrN3O3S. The highest BCUT2D eigenvalue weighted by molar-refractivity contribution is 9.10. The first-order valence-corrected chi connectivity index (χ1v) is 10.3. The minimum atomic E-state index is -0.382. The standard InChI is InChI=1S/C21H24BrN3O3S/c1-12(2)23-19(26)14-5-8-16(9-6-14)24-21(29)25-20(27)17-11-15(22)7-10-18(17)28-13(3)4/h5-13H,1-4H3,(H,23,26)(H2,24,25,27,29). The molecule has 0 unspecified atom stereocenters. The van der Waals surface area contributed by atoms with E-state index in [9.17, 15) is 9.59 Å². The molecule has 0 aliphatic heterocycles. The van der Waals surface area contributed by atoms with Crippen LogP contribution in [0, 0.1) is 0 Å². The number of hydrogen-bond acceptors (Lipinski definition) is 4. The third kappa shape index (κ3) is 7.14. The molecule has 0 fully saturated rings. The second kappa shape index (κ2) is 10.4. The maximum Gasteiger partial charge on any atom is 0.261 e. The smallest absolute Gasteiger partial charge is 0.261 e. The van der Waals surface area contributed by atoms with Gasteiger partial charge < -0.3 is 15.4 Å². The average Bonchev–Trinajstić information content (AvgIpc) is 2.62. The maximum absolute atomic E-state index is 12.7. The van der Waals surface area contributed by atoms with Crippen LogP contribution in [-0.4, -0.2) is 29.1 Å². The van der Waals surface area contributed by atoms with Crippen LogP contribution >= 0.6 is 28.1 Å². The van der Waals surface area contributed by atoms with Crippen LogP contribution in [0.15, 0.2) is 46.9 Å². The Morgan fingerprint density at radius 1 is 1.00 bits per heavy atom. The van der Waals surface area contributed by atoms with Gasteiger partial charge in [0.15, 0.2) is 5.11 Å². The first kappa shape index (κ1) is 22.8. The van der Waals surface area contributed by atoms with Crippen molar-refractivity contribution in [2.24, 2.45) is 0 Å². The summed E-state index contributed by atoms with van der Waals surface area (Å²) in [5, 5.41) is 8.56. The van der Waals surface area contributed by atoms with Gasteiger partial charge in [0, 0.05) is 21.8 Å². The number of nitrogens with one attached hydrogen (secondary N) is 3. The van der Waals surface area contributed by atoms with Crippen molar-refractivity contribution in [1.82, 2.24) is 10.6 Å². The second-order valence-corrected chi connectivity index (χ2v) is 8.24. The fraction of sp³-hybridized carbons (Fsp3) is 0.286. The molecule has 0 saturated heterocycles. The van der Waals surface area contributed by atoms with Gasteiger partial charge in [-0.3, -0.25) is 14.9 Å². The molecule has 6 nitrogen and oxygen atoms in total. The third-order valence-corrected chi connectivity index (χ3v) is 4.30. The van der Waals surface area contributed by atoms with Crippen LogP contribution in [0.25, 0.3) is 0 Å². The Morgan fingerprint density at radius 2 is 1.66 bits per heavy atom. The van der Waals surface area contributed by atoms with Gasteiger partial charge in [-0.2, -0.15) is 0 Å². The van der Waals surface area contributed by atoms with E-state index in [2.05, 4.69) is 31.9 Å². The van der Waals surface area contributed by atoms with Gasteiger partial charge in [-0.25, -0.2) is 0 Å². The molecule has 8 heteroatoms. The minimum absolute atomic E-state index is 0.0608. The number of ether oxygens (including phenoxy) is 1. The van der Waals surface area contributed by atoms with Crippen molar-refractivity contribution in [3.05, 3.63) is 58.1 Å². The van der Waals surface area contributed by atoms with Gasteiger partial charge in [-0.05, 0) is 82.4 Å². The van der Waals surface area contributed by atoms with E-state index in [-0.39, 0.29) is 29.1 Å². The lowest BCUT2D eigenvalue weighted by molar-refractivity contribution is 0.0940. The van der Waals surface area contributed by atoms with Crippen molar-refractivity contribution in [2.45, 2.75) is 39.8 Å². The maximum atomic E-state index is 12.7. The largest absolute Gasteiger partial charge is 0.490 e. The van der Waals surface area contributed by atoms with E-state index in [1.54, 1.807) is 36.4 Å². The Labute approximate surface area is 184 Å². The highest BCUT2D eigenvalue weighted by atomic mass is 79.9. The fourth-order valence-corrected chi connectivity index (χ4v) is 2.99. The molecule has 29 heavy (non-hydrogen) atoms. The summed E-state index contributed by atoms with van der Waals surface area (Å²) in [6.45, 7) is 7.58. The predicted molar refractivity (Wildman–Crippen MR) is 123 cm³/mol. The Bertz CT molecular complexity index is 899. The Kier molecular flexibility index (Phi) is 8.16. The summed E-state index contributed by atoms with van der Waals surface area (Å²) in [7, 11) is 0.